The lowest BCUT2D eigenvalue weighted by Gasteiger charge is -2.31. The van der Waals surface area contributed by atoms with Crippen LogP contribution in [0.1, 0.15) is 35.5 Å². The van der Waals surface area contributed by atoms with E-state index in [1.807, 2.05) is 18.2 Å². The Labute approximate surface area is 155 Å². The number of nitrogens with one attached hydrogen (secondary N) is 2. The number of aromatic nitrogens is 6. The molecule has 1 saturated carbocycles. The Morgan fingerprint density at radius 2 is 1.81 bits per heavy atom. The smallest absolute Gasteiger partial charge is 0.228 e. The zero-order valence-corrected chi connectivity index (χ0v) is 14.5. The number of aromatic amines is 1. The molecule has 3 aromatic rings. The first-order valence-electron chi connectivity index (χ1n) is 8.86. The van der Waals surface area contributed by atoms with Crippen LogP contribution in [0, 0.1) is 5.92 Å². The average molecular weight is 359 g/mol. The SMILES string of the molecule is O=C(Nc1n[nH]c2c1C=CC(c1ccncn1)(c1ccncn1)C2)C1CC1. The number of hydrogen-bond donors (Lipinski definition) is 2. The van der Waals surface area contributed by atoms with Crippen LogP contribution in [0.4, 0.5) is 5.82 Å². The van der Waals surface area contributed by atoms with Crippen LogP contribution < -0.4 is 5.32 Å². The quantitative estimate of drug-likeness (QED) is 0.736. The summed E-state index contributed by atoms with van der Waals surface area (Å²) in [6.07, 6.45) is 13.1. The largest absolute Gasteiger partial charge is 0.308 e. The van der Waals surface area contributed by atoms with E-state index in [0.29, 0.717) is 12.2 Å². The molecular weight excluding hydrogens is 342 g/mol. The van der Waals surface area contributed by atoms with Crippen LogP contribution in [0.3, 0.4) is 0 Å². The fourth-order valence-electron chi connectivity index (χ4n) is 3.52. The number of carbonyl (C=O) groups is 1. The maximum Gasteiger partial charge on any atom is 0.228 e. The predicted octanol–water partition coefficient (Wildman–Crippen LogP) is 1.89. The van der Waals surface area contributed by atoms with Crippen LogP contribution in [-0.2, 0) is 16.6 Å². The monoisotopic (exact) mass is 359 g/mol. The van der Waals surface area contributed by atoms with E-state index in [9.17, 15) is 4.79 Å². The van der Waals surface area contributed by atoms with Gasteiger partial charge in [0.15, 0.2) is 5.82 Å². The van der Waals surface area contributed by atoms with Gasteiger partial charge < -0.3 is 5.32 Å². The van der Waals surface area contributed by atoms with Gasteiger partial charge in [-0.25, -0.2) is 19.9 Å². The maximum atomic E-state index is 12.1. The predicted molar refractivity (Wildman–Crippen MR) is 97.5 cm³/mol. The van der Waals surface area contributed by atoms with Gasteiger partial charge in [-0.3, -0.25) is 9.89 Å². The summed E-state index contributed by atoms with van der Waals surface area (Å²) in [5.41, 5.74) is 2.97. The van der Waals surface area contributed by atoms with E-state index in [-0.39, 0.29) is 11.8 Å². The molecular formula is C19H17N7O. The Morgan fingerprint density at radius 3 is 2.41 bits per heavy atom. The molecule has 0 radical (unpaired) electrons. The Bertz CT molecular complexity index is 970. The molecule has 27 heavy (non-hydrogen) atoms. The average Bonchev–Trinajstić information content (AvgIpc) is 3.52. The van der Waals surface area contributed by atoms with Crippen LogP contribution >= 0.6 is 0 Å². The molecule has 0 atom stereocenters. The topological polar surface area (TPSA) is 109 Å². The third kappa shape index (κ3) is 2.69. The Kier molecular flexibility index (Phi) is 3.56. The molecule has 3 aromatic heterocycles. The molecule has 0 bridgehead atoms. The summed E-state index contributed by atoms with van der Waals surface area (Å²) in [5, 5.41) is 10.3. The lowest BCUT2D eigenvalue weighted by molar-refractivity contribution is -0.117. The van der Waals surface area contributed by atoms with Crippen molar-refractivity contribution in [1.82, 2.24) is 30.1 Å². The molecule has 0 aliphatic heterocycles. The van der Waals surface area contributed by atoms with Crippen molar-refractivity contribution in [1.29, 1.82) is 0 Å². The molecule has 3 heterocycles. The van der Waals surface area contributed by atoms with Crippen molar-refractivity contribution in [3.05, 3.63) is 65.9 Å². The van der Waals surface area contributed by atoms with Crippen molar-refractivity contribution in [2.45, 2.75) is 24.7 Å². The minimum Gasteiger partial charge on any atom is -0.308 e. The fourth-order valence-corrected chi connectivity index (χ4v) is 3.52. The van der Waals surface area contributed by atoms with Crippen molar-refractivity contribution in [3.8, 4) is 0 Å². The molecule has 2 aliphatic carbocycles. The van der Waals surface area contributed by atoms with Crippen molar-refractivity contribution in [2.24, 2.45) is 5.92 Å². The molecule has 134 valence electrons. The first-order valence-corrected chi connectivity index (χ1v) is 8.86. The first-order chi connectivity index (χ1) is 13.3. The van der Waals surface area contributed by atoms with Crippen LogP contribution in [0.5, 0.6) is 0 Å². The minimum atomic E-state index is -0.552. The van der Waals surface area contributed by atoms with Crippen molar-refractivity contribution in [3.63, 3.8) is 0 Å². The van der Waals surface area contributed by atoms with Gasteiger partial charge in [0.1, 0.15) is 12.7 Å². The fraction of sp³-hybridized carbons (Fsp3) is 0.263. The van der Waals surface area contributed by atoms with Crippen molar-refractivity contribution in [2.75, 3.05) is 5.32 Å². The summed E-state index contributed by atoms with van der Waals surface area (Å²) in [7, 11) is 0. The van der Waals surface area contributed by atoms with E-state index in [4.69, 9.17) is 0 Å². The summed E-state index contributed by atoms with van der Waals surface area (Å²) in [4.78, 5) is 29.1. The van der Waals surface area contributed by atoms with Crippen LogP contribution in [-0.4, -0.2) is 36.0 Å². The maximum absolute atomic E-state index is 12.1. The Hall–Kier alpha value is -3.42. The lowest BCUT2D eigenvalue weighted by Crippen LogP contribution is -2.32. The van der Waals surface area contributed by atoms with Gasteiger partial charge in [-0.15, -0.1) is 0 Å². The highest BCUT2D eigenvalue weighted by molar-refractivity contribution is 5.95. The number of amides is 1. The summed E-state index contributed by atoms with van der Waals surface area (Å²) in [5.74, 6) is 0.754. The van der Waals surface area contributed by atoms with E-state index in [2.05, 4.69) is 41.5 Å². The lowest BCUT2D eigenvalue weighted by atomic mass is 9.73. The van der Waals surface area contributed by atoms with E-state index >= 15 is 0 Å². The van der Waals surface area contributed by atoms with Crippen LogP contribution in [0.15, 0.2) is 43.3 Å². The standard InChI is InChI=1S/C19H17N7O/c27-18(12-1-2-12)24-17-13-3-6-19(9-14(13)25-26-17,15-4-7-20-10-22-15)16-5-8-21-11-23-16/h3-8,10-12H,1-2,9H2,(H2,24,25,26,27). The number of carbonyl (C=O) groups excluding carboxylic acids is 1. The van der Waals surface area contributed by atoms with Gasteiger partial charge in [-0.2, -0.15) is 5.10 Å². The highest BCUT2D eigenvalue weighted by Gasteiger charge is 2.39. The number of fused-ring (bicyclic) bond motifs is 1. The molecule has 1 fully saturated rings. The second kappa shape index (κ2) is 6.08. The van der Waals surface area contributed by atoms with Crippen LogP contribution in [0.2, 0.25) is 0 Å². The third-order valence-corrected chi connectivity index (χ3v) is 5.14. The molecule has 0 saturated heterocycles. The molecule has 2 N–H and O–H groups in total. The van der Waals surface area contributed by atoms with Gasteiger partial charge in [0.05, 0.1) is 16.8 Å². The van der Waals surface area contributed by atoms with Crippen molar-refractivity contribution < 1.29 is 4.79 Å². The summed E-state index contributed by atoms with van der Waals surface area (Å²) in [6, 6.07) is 3.78. The molecule has 0 aromatic carbocycles. The second-order valence-corrected chi connectivity index (χ2v) is 6.90. The molecule has 8 nitrogen and oxygen atoms in total. The van der Waals surface area contributed by atoms with E-state index in [0.717, 1.165) is 35.5 Å². The van der Waals surface area contributed by atoms with Crippen LogP contribution in [0.25, 0.3) is 6.08 Å². The first kappa shape index (κ1) is 15.8. The highest BCUT2D eigenvalue weighted by Crippen LogP contribution is 2.41. The molecule has 0 unspecified atom stereocenters. The number of H-pyrrole nitrogens is 1. The molecule has 8 heteroatoms. The number of allylic oxidation sites excluding steroid dienone is 1. The number of hydrogen-bond acceptors (Lipinski definition) is 6. The van der Waals surface area contributed by atoms with Gasteiger partial charge >= 0.3 is 0 Å². The summed E-state index contributed by atoms with van der Waals surface area (Å²) < 4.78 is 0. The van der Waals surface area contributed by atoms with E-state index in [1.165, 1.54) is 12.7 Å². The highest BCUT2D eigenvalue weighted by atomic mass is 16.2. The zero-order chi connectivity index (χ0) is 18.3. The Morgan fingerprint density at radius 1 is 1.11 bits per heavy atom. The van der Waals surface area contributed by atoms with Gasteiger partial charge in [-0.1, -0.05) is 12.2 Å². The molecule has 2 aliphatic rings. The third-order valence-electron chi connectivity index (χ3n) is 5.14. The second-order valence-electron chi connectivity index (χ2n) is 6.90. The van der Waals surface area contributed by atoms with Gasteiger partial charge in [0, 0.05) is 36.0 Å². The molecule has 0 spiro atoms. The summed E-state index contributed by atoms with van der Waals surface area (Å²) >= 11 is 0. The Balaban J connectivity index is 1.56. The molecule has 5 rings (SSSR count). The molecule has 1 amide bonds. The zero-order valence-electron chi connectivity index (χ0n) is 14.5. The summed E-state index contributed by atoms with van der Waals surface area (Å²) in [6.45, 7) is 0. The van der Waals surface area contributed by atoms with Gasteiger partial charge in [0.2, 0.25) is 5.91 Å². The van der Waals surface area contributed by atoms with Gasteiger partial charge in [-0.05, 0) is 25.0 Å². The number of anilines is 1. The minimum absolute atomic E-state index is 0.0427. The number of rotatable bonds is 4. The van der Waals surface area contributed by atoms with E-state index in [1.54, 1.807) is 12.4 Å². The van der Waals surface area contributed by atoms with Crippen molar-refractivity contribution >= 4 is 17.8 Å². The van der Waals surface area contributed by atoms with E-state index < -0.39 is 5.41 Å². The normalized spacial score (nSPS) is 17.3. The number of nitrogens with zero attached hydrogens (tertiary/aromatic N) is 5. The van der Waals surface area contributed by atoms with Gasteiger partial charge in [0.25, 0.3) is 0 Å².